The van der Waals surface area contributed by atoms with Crippen molar-refractivity contribution in [3.8, 4) is 0 Å². The summed E-state index contributed by atoms with van der Waals surface area (Å²) >= 11 is 0. The molecule has 0 atom stereocenters. The number of carboxylic acid groups (broad SMARTS) is 4. The normalized spacial score (nSPS) is 10.2. The summed E-state index contributed by atoms with van der Waals surface area (Å²) in [5.41, 5.74) is 0. The highest BCUT2D eigenvalue weighted by Crippen LogP contribution is 1.94. The minimum absolute atomic E-state index is 0. The number of rotatable bonds is 11. The molecule has 0 fully saturated rings. The van der Waals surface area contributed by atoms with Crippen molar-refractivity contribution in [1.29, 1.82) is 0 Å². The Balaban J connectivity index is 0. The molecule has 0 rings (SSSR count). The fraction of sp³-hybridized carbons (Fsp3) is 0.600. The Morgan fingerprint density at radius 1 is 0.571 bits per heavy atom. The van der Waals surface area contributed by atoms with Crippen molar-refractivity contribution in [3.63, 3.8) is 0 Å². The van der Waals surface area contributed by atoms with Gasteiger partial charge in [-0.05, 0) is 0 Å². The molecule has 122 valence electrons. The van der Waals surface area contributed by atoms with Gasteiger partial charge >= 0.3 is 23.9 Å². The van der Waals surface area contributed by atoms with Crippen LogP contribution in [0.2, 0.25) is 0 Å². The van der Waals surface area contributed by atoms with Crippen LogP contribution in [0.4, 0.5) is 0 Å². The SMILES string of the molecule is Cl.O=C(O)CN(CCN(CC(=O)O)CC(=O)O)CC(=O)O. The van der Waals surface area contributed by atoms with E-state index in [4.69, 9.17) is 20.4 Å². The molecule has 0 aromatic rings. The van der Waals surface area contributed by atoms with Gasteiger partial charge in [-0.3, -0.25) is 29.0 Å². The summed E-state index contributed by atoms with van der Waals surface area (Å²) in [6, 6.07) is 0. The van der Waals surface area contributed by atoms with Gasteiger partial charge in [0.15, 0.2) is 0 Å². The maximum atomic E-state index is 10.6. The highest BCUT2D eigenvalue weighted by atomic mass is 35.5. The number of carboxylic acids is 4. The van der Waals surface area contributed by atoms with E-state index >= 15 is 0 Å². The van der Waals surface area contributed by atoms with Gasteiger partial charge in [-0.25, -0.2) is 0 Å². The van der Waals surface area contributed by atoms with E-state index in [1.54, 1.807) is 0 Å². The largest absolute Gasteiger partial charge is 0.480 e. The van der Waals surface area contributed by atoms with Gasteiger partial charge in [0.2, 0.25) is 0 Å². The fourth-order valence-corrected chi connectivity index (χ4v) is 1.48. The zero-order valence-electron chi connectivity index (χ0n) is 11.0. The van der Waals surface area contributed by atoms with Crippen LogP contribution in [-0.2, 0) is 19.2 Å². The summed E-state index contributed by atoms with van der Waals surface area (Å²) < 4.78 is 0. The van der Waals surface area contributed by atoms with Crippen molar-refractivity contribution < 1.29 is 39.6 Å². The van der Waals surface area contributed by atoms with Crippen molar-refractivity contribution in [1.82, 2.24) is 9.80 Å². The Bertz CT molecular complexity index is 321. The molecule has 4 N–H and O–H groups in total. The molecule has 11 heteroatoms. The molecule has 0 spiro atoms. The maximum absolute atomic E-state index is 10.6. The molecule has 0 aliphatic carbocycles. The first-order chi connectivity index (χ1) is 9.20. The minimum Gasteiger partial charge on any atom is -0.480 e. The third-order valence-electron chi connectivity index (χ3n) is 2.17. The van der Waals surface area contributed by atoms with Crippen molar-refractivity contribution in [2.45, 2.75) is 0 Å². The molecule has 0 aliphatic rings. The van der Waals surface area contributed by atoms with Crippen LogP contribution in [0.1, 0.15) is 0 Å². The average Bonchev–Trinajstić information content (AvgIpc) is 2.22. The molecular formula is C10H17ClN2O8. The molecule has 0 radical (unpaired) electrons. The van der Waals surface area contributed by atoms with Crippen LogP contribution < -0.4 is 0 Å². The Kier molecular flexibility index (Phi) is 11.0. The summed E-state index contributed by atoms with van der Waals surface area (Å²) in [5.74, 6) is -4.91. The second-order valence-corrected chi connectivity index (χ2v) is 4.00. The molecule has 0 aromatic heterocycles. The van der Waals surface area contributed by atoms with Crippen molar-refractivity contribution >= 4 is 36.3 Å². The highest BCUT2D eigenvalue weighted by Gasteiger charge is 2.17. The van der Waals surface area contributed by atoms with Crippen LogP contribution in [0, 0.1) is 0 Å². The van der Waals surface area contributed by atoms with Gasteiger partial charge in [-0.1, -0.05) is 0 Å². The van der Waals surface area contributed by atoms with Crippen LogP contribution in [0.5, 0.6) is 0 Å². The van der Waals surface area contributed by atoms with Crippen LogP contribution in [0.25, 0.3) is 0 Å². The lowest BCUT2D eigenvalue weighted by Gasteiger charge is -2.23. The molecule has 0 aliphatic heterocycles. The van der Waals surface area contributed by atoms with Gasteiger partial charge in [-0.2, -0.15) is 0 Å². The third kappa shape index (κ3) is 12.9. The molecule has 0 heterocycles. The zero-order valence-corrected chi connectivity index (χ0v) is 11.8. The lowest BCUT2D eigenvalue weighted by molar-refractivity contribution is -0.145. The smallest absolute Gasteiger partial charge is 0.317 e. The number of aliphatic carboxylic acids is 4. The van der Waals surface area contributed by atoms with Crippen LogP contribution in [0.15, 0.2) is 0 Å². The van der Waals surface area contributed by atoms with Crippen molar-refractivity contribution in [2.75, 3.05) is 39.3 Å². The van der Waals surface area contributed by atoms with Gasteiger partial charge in [0, 0.05) is 13.1 Å². The fourth-order valence-electron chi connectivity index (χ4n) is 1.48. The summed E-state index contributed by atoms with van der Waals surface area (Å²) in [5, 5.41) is 34.5. The Morgan fingerprint density at radius 2 is 0.762 bits per heavy atom. The van der Waals surface area contributed by atoms with Gasteiger partial charge < -0.3 is 20.4 Å². The van der Waals surface area contributed by atoms with E-state index in [9.17, 15) is 19.2 Å². The van der Waals surface area contributed by atoms with Gasteiger partial charge in [0.05, 0.1) is 26.2 Å². The van der Waals surface area contributed by atoms with Crippen LogP contribution in [-0.4, -0.2) is 93.4 Å². The molecule has 0 bridgehead atoms. The first-order valence-corrected chi connectivity index (χ1v) is 5.52. The third-order valence-corrected chi connectivity index (χ3v) is 2.17. The predicted molar refractivity (Wildman–Crippen MR) is 70.7 cm³/mol. The van der Waals surface area contributed by atoms with Crippen molar-refractivity contribution in [3.05, 3.63) is 0 Å². The lowest BCUT2D eigenvalue weighted by atomic mass is 10.4. The van der Waals surface area contributed by atoms with Gasteiger partial charge in [-0.15, -0.1) is 12.4 Å². The topological polar surface area (TPSA) is 156 Å². The number of hydrogen-bond donors (Lipinski definition) is 4. The Hall–Kier alpha value is -1.91. The second-order valence-electron chi connectivity index (χ2n) is 4.00. The molecule has 0 aromatic carbocycles. The first-order valence-electron chi connectivity index (χ1n) is 5.52. The second kappa shape index (κ2) is 10.8. The van der Waals surface area contributed by atoms with Crippen molar-refractivity contribution in [2.24, 2.45) is 0 Å². The van der Waals surface area contributed by atoms with E-state index < -0.39 is 50.1 Å². The van der Waals surface area contributed by atoms with E-state index in [0.29, 0.717) is 0 Å². The lowest BCUT2D eigenvalue weighted by Crippen LogP contribution is -2.43. The maximum Gasteiger partial charge on any atom is 0.317 e. The van der Waals surface area contributed by atoms with Gasteiger partial charge in [0.25, 0.3) is 0 Å². The summed E-state index contributed by atoms with van der Waals surface area (Å²) in [6.45, 7) is -2.25. The number of hydrogen-bond acceptors (Lipinski definition) is 6. The standard InChI is InChI=1S/C10H16N2O8.ClH/c13-7(14)3-11(4-8(15)16)1-2-12(5-9(17)18)6-10(19)20;/h1-6H2,(H,13,14)(H,15,16)(H,17,18)(H,19,20);1H. The molecular weight excluding hydrogens is 312 g/mol. The summed E-state index contributed by atoms with van der Waals surface area (Å²) in [4.78, 5) is 44.4. The molecule has 0 amide bonds. The zero-order chi connectivity index (χ0) is 15.7. The molecule has 0 saturated heterocycles. The average molecular weight is 329 g/mol. The van der Waals surface area contributed by atoms with E-state index in [1.165, 1.54) is 0 Å². The van der Waals surface area contributed by atoms with E-state index in [-0.39, 0.29) is 25.5 Å². The first kappa shape index (κ1) is 21.4. The van der Waals surface area contributed by atoms with Crippen LogP contribution >= 0.6 is 12.4 Å². The monoisotopic (exact) mass is 328 g/mol. The highest BCUT2D eigenvalue weighted by molar-refractivity contribution is 5.85. The quantitative estimate of drug-likeness (QED) is 0.346. The van der Waals surface area contributed by atoms with Gasteiger partial charge in [0.1, 0.15) is 0 Å². The molecule has 21 heavy (non-hydrogen) atoms. The van der Waals surface area contributed by atoms with E-state index in [0.717, 1.165) is 9.80 Å². The van der Waals surface area contributed by atoms with E-state index in [2.05, 4.69) is 0 Å². The Labute approximate surface area is 126 Å². The molecule has 0 unspecified atom stereocenters. The molecule has 0 saturated carbocycles. The minimum atomic E-state index is -1.23. The Morgan fingerprint density at radius 3 is 0.905 bits per heavy atom. The van der Waals surface area contributed by atoms with Crippen LogP contribution in [0.3, 0.4) is 0 Å². The number of halogens is 1. The summed E-state index contributed by atoms with van der Waals surface area (Å²) in [6.07, 6.45) is 0. The molecule has 10 nitrogen and oxygen atoms in total. The number of nitrogens with zero attached hydrogens (tertiary/aromatic N) is 2. The summed E-state index contributed by atoms with van der Waals surface area (Å²) in [7, 11) is 0. The predicted octanol–water partition coefficient (Wildman–Crippen LogP) is -1.65. The van der Waals surface area contributed by atoms with E-state index in [1.807, 2.05) is 0 Å². The number of carbonyl (C=O) groups is 4.